The van der Waals surface area contributed by atoms with Gasteiger partial charge in [0.15, 0.2) is 0 Å². The van der Waals surface area contributed by atoms with Gasteiger partial charge in [-0.15, -0.1) is 0 Å². The Morgan fingerprint density at radius 2 is 1.67 bits per heavy atom. The van der Waals surface area contributed by atoms with Crippen LogP contribution in [0.15, 0.2) is 36.4 Å². The molecule has 0 heteroatoms. The Morgan fingerprint density at radius 1 is 1.00 bits per heavy atom. The van der Waals surface area contributed by atoms with Crippen molar-refractivity contribution in [3.8, 4) is 0 Å². The fourth-order valence-electron chi connectivity index (χ4n) is 1.13. The van der Waals surface area contributed by atoms with Crippen LogP contribution in [0.3, 0.4) is 0 Å². The molecular weight excluding hydrogens is 144 g/mol. The molecule has 1 aromatic carbocycles. The molecule has 0 radical (unpaired) electrons. The largest absolute Gasteiger partial charge is 0.0876 e. The maximum absolute atomic E-state index is 2.12. The zero-order chi connectivity index (χ0) is 8.81. The van der Waals surface area contributed by atoms with Crippen molar-refractivity contribution < 1.29 is 0 Å². The average Bonchev–Trinajstić information content (AvgIpc) is 2.15. The smallest absolute Gasteiger partial charge is 0.0187 e. The molecule has 62 valence electrons. The fourth-order valence-corrected chi connectivity index (χ4v) is 1.13. The SMILES string of the molecule is C/C=c1/cccc/c1=C/C=C/C. The monoisotopic (exact) mass is 158 g/mol. The van der Waals surface area contributed by atoms with Gasteiger partial charge in [-0.1, -0.05) is 48.6 Å². The standard InChI is InChI=1S/C12H14/c1-3-5-8-12-10-7-6-9-11(12)4-2/h3-10H,1-2H3/b5-3+,11-4-,12-8-. The summed E-state index contributed by atoms with van der Waals surface area (Å²) in [5.74, 6) is 0. The Hall–Kier alpha value is -1.30. The predicted molar refractivity (Wildman–Crippen MR) is 55.1 cm³/mol. The zero-order valence-corrected chi connectivity index (χ0v) is 7.62. The number of rotatable bonds is 1. The zero-order valence-electron chi connectivity index (χ0n) is 7.62. The van der Waals surface area contributed by atoms with Crippen LogP contribution in [-0.2, 0) is 0 Å². The summed E-state index contributed by atoms with van der Waals surface area (Å²) in [7, 11) is 0. The Balaban J connectivity index is 3.33. The van der Waals surface area contributed by atoms with Crippen molar-refractivity contribution in [1.82, 2.24) is 0 Å². The highest BCUT2D eigenvalue weighted by Crippen LogP contribution is 1.74. The molecule has 0 amide bonds. The minimum atomic E-state index is 1.28. The third kappa shape index (κ3) is 2.09. The average molecular weight is 158 g/mol. The van der Waals surface area contributed by atoms with Crippen LogP contribution in [0.25, 0.3) is 12.2 Å². The van der Waals surface area contributed by atoms with E-state index in [2.05, 4.69) is 49.4 Å². The summed E-state index contributed by atoms with van der Waals surface area (Å²) in [5, 5.41) is 2.56. The third-order valence-electron chi connectivity index (χ3n) is 1.78. The topological polar surface area (TPSA) is 0 Å². The second-order valence-corrected chi connectivity index (χ2v) is 2.61. The van der Waals surface area contributed by atoms with Crippen LogP contribution >= 0.6 is 0 Å². The first-order valence-electron chi connectivity index (χ1n) is 4.23. The highest BCUT2D eigenvalue weighted by Gasteiger charge is 1.78. The van der Waals surface area contributed by atoms with Crippen molar-refractivity contribution in [3.05, 3.63) is 46.9 Å². The van der Waals surface area contributed by atoms with E-state index in [1.807, 2.05) is 13.0 Å². The lowest BCUT2D eigenvalue weighted by Gasteiger charge is -1.86. The third-order valence-corrected chi connectivity index (χ3v) is 1.78. The quantitative estimate of drug-likeness (QED) is 0.585. The number of hydrogen-bond donors (Lipinski definition) is 0. The van der Waals surface area contributed by atoms with Gasteiger partial charge in [-0.3, -0.25) is 0 Å². The maximum Gasteiger partial charge on any atom is -0.0187 e. The van der Waals surface area contributed by atoms with Gasteiger partial charge in [0.2, 0.25) is 0 Å². The van der Waals surface area contributed by atoms with E-state index in [1.165, 1.54) is 10.4 Å². The van der Waals surface area contributed by atoms with Gasteiger partial charge in [-0.2, -0.15) is 0 Å². The van der Waals surface area contributed by atoms with Gasteiger partial charge in [0, 0.05) is 0 Å². The van der Waals surface area contributed by atoms with E-state index in [4.69, 9.17) is 0 Å². The van der Waals surface area contributed by atoms with Gasteiger partial charge in [0.1, 0.15) is 0 Å². The lowest BCUT2D eigenvalue weighted by atomic mass is 10.2. The molecule has 0 saturated heterocycles. The molecule has 0 aliphatic heterocycles. The number of allylic oxidation sites excluding steroid dienone is 2. The van der Waals surface area contributed by atoms with Crippen LogP contribution in [0, 0.1) is 0 Å². The molecule has 0 fully saturated rings. The van der Waals surface area contributed by atoms with E-state index in [1.54, 1.807) is 0 Å². The van der Waals surface area contributed by atoms with Gasteiger partial charge in [-0.05, 0) is 24.3 Å². The molecule has 0 spiro atoms. The van der Waals surface area contributed by atoms with Crippen LogP contribution in [0.4, 0.5) is 0 Å². The van der Waals surface area contributed by atoms with E-state index in [-0.39, 0.29) is 0 Å². The summed E-state index contributed by atoms with van der Waals surface area (Å²) in [6.07, 6.45) is 8.33. The Kier molecular flexibility index (Phi) is 3.34. The minimum Gasteiger partial charge on any atom is -0.0876 e. The molecule has 0 atom stereocenters. The van der Waals surface area contributed by atoms with Gasteiger partial charge in [0.25, 0.3) is 0 Å². The van der Waals surface area contributed by atoms with E-state index in [0.29, 0.717) is 0 Å². The van der Waals surface area contributed by atoms with Crippen molar-refractivity contribution >= 4 is 12.2 Å². The molecule has 0 bridgehead atoms. The molecule has 0 aliphatic carbocycles. The molecule has 1 rings (SSSR count). The lowest BCUT2D eigenvalue weighted by molar-refractivity contribution is 1.51. The van der Waals surface area contributed by atoms with E-state index in [9.17, 15) is 0 Å². The minimum absolute atomic E-state index is 1.28. The lowest BCUT2D eigenvalue weighted by Crippen LogP contribution is -2.22. The highest BCUT2D eigenvalue weighted by molar-refractivity contribution is 5.38. The van der Waals surface area contributed by atoms with Crippen LogP contribution in [0.5, 0.6) is 0 Å². The molecule has 0 saturated carbocycles. The van der Waals surface area contributed by atoms with Gasteiger partial charge >= 0.3 is 0 Å². The molecule has 0 aliphatic rings. The number of benzene rings is 1. The van der Waals surface area contributed by atoms with E-state index in [0.717, 1.165) is 0 Å². The second kappa shape index (κ2) is 4.55. The first-order chi connectivity index (χ1) is 5.88. The first kappa shape index (κ1) is 8.79. The molecule has 0 nitrogen and oxygen atoms in total. The maximum atomic E-state index is 2.12. The summed E-state index contributed by atoms with van der Waals surface area (Å²) < 4.78 is 0. The number of hydrogen-bond acceptors (Lipinski definition) is 0. The van der Waals surface area contributed by atoms with E-state index >= 15 is 0 Å². The van der Waals surface area contributed by atoms with Gasteiger partial charge in [-0.25, -0.2) is 0 Å². The van der Waals surface area contributed by atoms with Crippen molar-refractivity contribution in [2.24, 2.45) is 0 Å². The molecule has 1 aromatic rings. The van der Waals surface area contributed by atoms with E-state index < -0.39 is 0 Å². The second-order valence-electron chi connectivity index (χ2n) is 2.61. The molecule has 0 N–H and O–H groups in total. The molecule has 12 heavy (non-hydrogen) atoms. The summed E-state index contributed by atoms with van der Waals surface area (Å²) in [4.78, 5) is 0. The predicted octanol–water partition coefficient (Wildman–Crippen LogP) is 1.84. The normalized spacial score (nSPS) is 14.5. The Morgan fingerprint density at radius 3 is 2.25 bits per heavy atom. The van der Waals surface area contributed by atoms with Gasteiger partial charge < -0.3 is 0 Å². The molecular formula is C12H14. The highest BCUT2D eigenvalue weighted by atomic mass is 13.8. The van der Waals surface area contributed by atoms with Gasteiger partial charge in [0.05, 0.1) is 0 Å². The van der Waals surface area contributed by atoms with Crippen LogP contribution in [0.1, 0.15) is 13.8 Å². The Labute approximate surface area is 73.6 Å². The summed E-state index contributed by atoms with van der Waals surface area (Å²) in [6.45, 7) is 4.08. The van der Waals surface area contributed by atoms with Crippen molar-refractivity contribution in [2.45, 2.75) is 13.8 Å². The molecule has 0 heterocycles. The summed E-state index contributed by atoms with van der Waals surface area (Å²) in [6, 6.07) is 8.36. The molecule has 0 aromatic heterocycles. The van der Waals surface area contributed by atoms with Crippen molar-refractivity contribution in [3.63, 3.8) is 0 Å². The van der Waals surface area contributed by atoms with Crippen molar-refractivity contribution in [1.29, 1.82) is 0 Å². The van der Waals surface area contributed by atoms with Crippen LogP contribution < -0.4 is 10.4 Å². The fraction of sp³-hybridized carbons (Fsp3) is 0.167. The summed E-state index contributed by atoms with van der Waals surface area (Å²) >= 11 is 0. The van der Waals surface area contributed by atoms with Crippen LogP contribution in [0.2, 0.25) is 0 Å². The summed E-state index contributed by atoms with van der Waals surface area (Å²) in [5.41, 5.74) is 0. The Bertz CT molecular complexity index is 369. The van der Waals surface area contributed by atoms with Crippen LogP contribution in [-0.4, -0.2) is 0 Å². The molecule has 0 unspecified atom stereocenters. The van der Waals surface area contributed by atoms with Crippen molar-refractivity contribution in [2.75, 3.05) is 0 Å². The first-order valence-corrected chi connectivity index (χ1v) is 4.23.